The van der Waals surface area contributed by atoms with Gasteiger partial charge in [0.15, 0.2) is 36.2 Å². The number of benzene rings is 5. The lowest BCUT2D eigenvalue weighted by atomic mass is 9.84. The fourth-order valence-corrected chi connectivity index (χ4v) is 15.0. The molecule has 34 nitrogen and oxygen atoms in total. The van der Waals surface area contributed by atoms with E-state index in [4.69, 9.17) is 66.7 Å². The maximum Gasteiger partial charge on any atom is 0.330 e. The molecule has 0 saturated carbocycles. The molecule has 0 aromatic heterocycles. The summed E-state index contributed by atoms with van der Waals surface area (Å²) >= 11 is 7.05. The van der Waals surface area contributed by atoms with Gasteiger partial charge in [-0.05, 0) is 118 Å². The molecule has 0 spiro atoms. The molecule has 5 aromatic rings. The number of hydrogen-bond acceptors (Lipinski definition) is 27. The van der Waals surface area contributed by atoms with E-state index in [-0.39, 0.29) is 46.1 Å². The predicted molar refractivity (Wildman–Crippen MR) is 391 cm³/mol. The molecule has 602 valence electrons. The van der Waals surface area contributed by atoms with Crippen LogP contribution >= 0.6 is 11.6 Å². The number of hydrogen-bond donors (Lipinski definition) is 19. The van der Waals surface area contributed by atoms with Crippen molar-refractivity contribution in [3.8, 4) is 57.1 Å². The Kier molecular flexibility index (Phi) is 26.1. The lowest BCUT2D eigenvalue weighted by Crippen LogP contribution is -2.65. The number of phenols is 3. The van der Waals surface area contributed by atoms with Crippen LogP contribution in [-0.2, 0) is 57.2 Å². The number of nitrogens with one attached hydrogen (secondary N) is 6. The van der Waals surface area contributed by atoms with E-state index in [9.17, 15) is 65.4 Å². The van der Waals surface area contributed by atoms with Gasteiger partial charge in [0.25, 0.3) is 0 Å². The second-order valence-corrected chi connectivity index (χ2v) is 29.9. The molecule has 6 amide bonds. The Hall–Kier alpha value is -9.08. The first-order chi connectivity index (χ1) is 52.7. The third kappa shape index (κ3) is 18.5. The number of aliphatic carboxylic acids is 1. The largest absolute Gasteiger partial charge is 0.508 e. The van der Waals surface area contributed by atoms with E-state index >= 15 is 19.2 Å². The molecule has 7 aliphatic rings. The van der Waals surface area contributed by atoms with E-state index < -0.39 is 238 Å². The predicted octanol–water partition coefficient (Wildman–Crippen LogP) is 2.67. The van der Waals surface area contributed by atoms with Crippen LogP contribution in [-0.4, -0.2) is 203 Å². The van der Waals surface area contributed by atoms with Gasteiger partial charge >= 0.3 is 5.97 Å². The van der Waals surface area contributed by atoms with Crippen LogP contribution in [0.15, 0.2) is 84.9 Å². The van der Waals surface area contributed by atoms with Crippen molar-refractivity contribution in [1.29, 1.82) is 0 Å². The number of carboxylic acid groups (broad SMARTS) is 1. The fourth-order valence-electron chi connectivity index (χ4n) is 14.8. The number of ether oxygens (including phenoxy) is 8. The zero-order valence-electron chi connectivity index (χ0n) is 61.5. The van der Waals surface area contributed by atoms with E-state index in [2.05, 4.69) is 38.8 Å². The number of aliphatic hydroxyl groups is 6. The van der Waals surface area contributed by atoms with Gasteiger partial charge in [0.2, 0.25) is 47.5 Å². The Morgan fingerprint density at radius 1 is 0.658 bits per heavy atom. The summed E-state index contributed by atoms with van der Waals surface area (Å²) in [6.45, 7) is 8.08. The highest BCUT2D eigenvalue weighted by Crippen LogP contribution is 2.50. The van der Waals surface area contributed by atoms with Gasteiger partial charge in [0, 0.05) is 46.7 Å². The maximum absolute atomic E-state index is 16.2. The zero-order chi connectivity index (χ0) is 80.2. The van der Waals surface area contributed by atoms with Crippen molar-refractivity contribution in [3.05, 3.63) is 118 Å². The molecule has 7 aliphatic heterocycles. The number of carboxylic acids is 1. The molecule has 111 heavy (non-hydrogen) atoms. The first-order valence-electron chi connectivity index (χ1n) is 36.8. The van der Waals surface area contributed by atoms with Gasteiger partial charge in [-0.15, -0.1) is 0 Å². The van der Waals surface area contributed by atoms with Gasteiger partial charge in [-0.25, -0.2) is 4.79 Å². The average Bonchev–Trinajstić information content (AvgIpc) is 1.30. The number of primary amides is 1. The van der Waals surface area contributed by atoms with Crippen LogP contribution in [0.25, 0.3) is 11.1 Å². The summed E-state index contributed by atoms with van der Waals surface area (Å²) in [6.07, 6.45) is -13.5. The van der Waals surface area contributed by atoms with Crippen molar-refractivity contribution in [3.63, 3.8) is 0 Å². The van der Waals surface area contributed by atoms with Gasteiger partial charge in [-0.3, -0.25) is 28.8 Å². The van der Waals surface area contributed by atoms with E-state index in [0.717, 1.165) is 87.4 Å². The summed E-state index contributed by atoms with van der Waals surface area (Å²) in [5.74, 6) is -14.2. The van der Waals surface area contributed by atoms with Crippen molar-refractivity contribution in [2.75, 3.05) is 13.2 Å². The monoisotopic (exact) mass is 1570 g/mol. The number of amides is 6. The summed E-state index contributed by atoms with van der Waals surface area (Å²) in [6, 6.07) is 3.23. The molecule has 3 saturated heterocycles. The van der Waals surface area contributed by atoms with Crippen LogP contribution in [0.1, 0.15) is 163 Å². The average molecular weight is 1570 g/mol. The molecule has 22 N–H and O–H groups in total. The quantitative estimate of drug-likeness (QED) is 0.0498. The Labute approximate surface area is 642 Å². The van der Waals surface area contributed by atoms with Gasteiger partial charge < -0.3 is 138 Å². The first-order valence-corrected chi connectivity index (χ1v) is 37.2. The van der Waals surface area contributed by atoms with Gasteiger partial charge in [-0.2, -0.15) is 0 Å². The summed E-state index contributed by atoms with van der Waals surface area (Å²) in [7, 11) is 0. The van der Waals surface area contributed by atoms with E-state index in [1.807, 2.05) is 0 Å². The third-order valence-corrected chi connectivity index (χ3v) is 21.2. The number of aromatic hydroxyl groups is 3. The zero-order valence-corrected chi connectivity index (χ0v) is 62.2. The van der Waals surface area contributed by atoms with Crippen molar-refractivity contribution in [2.24, 2.45) is 17.2 Å². The minimum Gasteiger partial charge on any atom is -0.508 e. The van der Waals surface area contributed by atoms with Crippen molar-refractivity contribution in [1.82, 2.24) is 31.9 Å². The van der Waals surface area contributed by atoms with Crippen LogP contribution in [0.4, 0.5) is 0 Å². The number of carbonyl (C=O) groups excluding carboxylic acids is 6. The summed E-state index contributed by atoms with van der Waals surface area (Å²) in [5, 5.41) is 131. The summed E-state index contributed by atoms with van der Waals surface area (Å²) < 4.78 is 52.7. The van der Waals surface area contributed by atoms with Crippen molar-refractivity contribution < 1.29 is 123 Å². The molecule has 3 fully saturated rings. The van der Waals surface area contributed by atoms with E-state index in [1.165, 1.54) is 62.7 Å². The molecule has 0 radical (unpaired) electrons. The lowest BCUT2D eigenvalue weighted by molar-refractivity contribution is -0.334. The van der Waals surface area contributed by atoms with Gasteiger partial charge in [0.05, 0.1) is 42.5 Å². The standard InChI is InChI=1S/C76H96ClN9O25/c1-6-7-8-9-10-11-12-13-21-81-76(5)31-53(105-34(3)67(76)96)110-65-62(94)61(93)50(32-87)108-74(65)111-64-48-25-38-26-49(64)107-47-20-18-36(24-43(47)77)60(92)55(79)69(98)82-44(29-51(78)91)68(97)83-57(38)71(100)84-56-35-17-19-45(89)41(23-35)54-42(27-39(88)28-46(54)90)58(73(102)103)85-72(101)59(86-70(56)99)63(37-15-14-16-40(22-37)106-48)109-52-30-75(4,80)66(95)33(2)104-52/h14-20,22-28,33-34,44,50,52-53,55-63,65-67,74,81,87-90,92-96H,6-13,21,29-32,79-80H2,1-5H3,(H2,78,91)(H,82,98)(H,83,97)(H,84,100)(H,85,101)(H,86,99)(H,102,103)/t33-,34-,44+,50+,52+,53+,55-,56-,57-,58+,59+,60-,61+,62-,63-,65+,66+,67+,74+,75-,76-/m1/s1. The normalized spacial score (nSPS) is 31.8. The van der Waals surface area contributed by atoms with Crippen molar-refractivity contribution in [2.45, 2.75) is 232 Å². The Morgan fingerprint density at radius 2 is 1.31 bits per heavy atom. The molecule has 5 aromatic carbocycles. The number of halogens is 1. The number of rotatable bonds is 20. The minimum absolute atomic E-state index is 0.0730. The highest BCUT2D eigenvalue weighted by atomic mass is 35.5. The number of aliphatic hydroxyl groups excluding tert-OH is 6. The minimum atomic E-state index is -2.28. The number of carbonyl (C=O) groups is 7. The van der Waals surface area contributed by atoms with Gasteiger partial charge in [0.1, 0.15) is 89.5 Å². The molecule has 7 heterocycles. The second-order valence-electron chi connectivity index (χ2n) is 29.5. The number of phenolic OH excluding ortho intramolecular Hbond substituents is 3. The van der Waals surface area contributed by atoms with Crippen LogP contribution < -0.4 is 63.3 Å². The Morgan fingerprint density at radius 3 is 1.98 bits per heavy atom. The smallest absolute Gasteiger partial charge is 0.330 e. The van der Waals surface area contributed by atoms with Crippen molar-refractivity contribution >= 4 is 53.0 Å². The third-order valence-electron chi connectivity index (χ3n) is 20.9. The highest BCUT2D eigenvalue weighted by molar-refractivity contribution is 6.32. The molecule has 35 heteroatoms. The summed E-state index contributed by atoms with van der Waals surface area (Å²) in [4.78, 5) is 104. The highest BCUT2D eigenvalue weighted by Gasteiger charge is 2.53. The molecule has 11 bridgehead atoms. The maximum atomic E-state index is 16.2. The number of fused-ring (bicyclic) bond motifs is 19. The molecule has 12 rings (SSSR count). The molecule has 21 atom stereocenters. The molecular formula is C76H96ClN9O25. The second kappa shape index (κ2) is 34.9. The number of nitrogens with two attached hydrogens (primary N) is 3. The van der Waals surface area contributed by atoms with Gasteiger partial charge in [-0.1, -0.05) is 87.7 Å². The lowest BCUT2D eigenvalue weighted by Gasteiger charge is -2.48. The van der Waals surface area contributed by atoms with E-state index in [0.29, 0.717) is 6.54 Å². The van der Waals surface area contributed by atoms with E-state index in [1.54, 1.807) is 13.8 Å². The van der Waals surface area contributed by atoms with Crippen LogP contribution in [0, 0.1) is 0 Å². The van der Waals surface area contributed by atoms with Crippen LogP contribution in [0.5, 0.6) is 46.0 Å². The summed E-state index contributed by atoms with van der Waals surface area (Å²) in [5.41, 5.74) is 13.8. The van der Waals surface area contributed by atoms with Crippen LogP contribution in [0.2, 0.25) is 5.02 Å². The Balaban J connectivity index is 1.13. The first kappa shape index (κ1) is 82.9. The SMILES string of the molecule is CCCCCCCCCCN[C@]1(C)C[C@H](O[C@@H]2[C@H](Oc3c4cc5cc3Oc3ccc(cc3Cl)[C@@H](O)[C@@H](N)C(=O)N[C@@H](CC(N)=O)C(=O)N[C@H]5C(=O)N[C@H]3C(=O)N[C@H](C(=O)N[C@H](C(=O)O)c5cc(O)cc(O)c5-c5cc3ccc5O)[C@H](O[C@H]3C[C@@](C)(N)[C@@H](O)[C@@H](C)O3)c3cccc(c3)O4)O[C@@H](CO)[C@H](O)[C@H]2O)O[C@H](C)[C@@H]1O. The topological polar surface area (TPSA) is 546 Å². The molecule has 0 aliphatic carbocycles. The number of unbranched alkanes of at least 4 members (excludes halogenated alkanes) is 7. The fraction of sp³-hybridized carbons (Fsp3) is 0.513. The molecular weight excluding hydrogens is 1470 g/mol. The van der Waals surface area contributed by atoms with Crippen LogP contribution in [0.3, 0.4) is 0 Å². The Bertz CT molecular complexity index is 4270. The molecule has 0 unspecified atom stereocenters.